The van der Waals surface area contributed by atoms with Gasteiger partial charge in [0, 0.05) is 0 Å². The Labute approximate surface area is 205 Å². The molecule has 4 rings (SSSR count). The van der Waals surface area contributed by atoms with Crippen molar-refractivity contribution in [2.75, 3.05) is 20.8 Å². The summed E-state index contributed by atoms with van der Waals surface area (Å²) in [6.07, 6.45) is 1.75. The molecular formula is C26H23N3O5S. The molecule has 1 atom stereocenters. The van der Waals surface area contributed by atoms with Gasteiger partial charge in [-0.1, -0.05) is 29.5 Å². The third-order valence-corrected chi connectivity index (χ3v) is 6.56. The summed E-state index contributed by atoms with van der Waals surface area (Å²) in [6.45, 7) is 3.65. The van der Waals surface area contributed by atoms with Crippen molar-refractivity contribution >= 4 is 23.4 Å². The zero-order chi connectivity index (χ0) is 25.1. The molecule has 0 spiro atoms. The number of allylic oxidation sites excluding steroid dienone is 1. The lowest BCUT2D eigenvalue weighted by Crippen LogP contribution is -2.39. The number of aromatic nitrogens is 1. The number of benzene rings is 2. The van der Waals surface area contributed by atoms with E-state index in [0.29, 0.717) is 37.7 Å². The van der Waals surface area contributed by atoms with Crippen LogP contribution in [-0.2, 0) is 9.53 Å². The molecule has 1 aromatic heterocycles. The minimum Gasteiger partial charge on any atom is -0.493 e. The molecule has 0 radical (unpaired) electrons. The number of esters is 1. The molecule has 0 amide bonds. The van der Waals surface area contributed by atoms with E-state index in [1.165, 1.54) is 30.1 Å². The minimum atomic E-state index is -0.756. The summed E-state index contributed by atoms with van der Waals surface area (Å²) in [5.74, 6) is 0.473. The van der Waals surface area contributed by atoms with Crippen molar-refractivity contribution in [3.8, 4) is 17.6 Å². The van der Waals surface area contributed by atoms with Gasteiger partial charge in [-0.15, -0.1) is 0 Å². The van der Waals surface area contributed by atoms with Gasteiger partial charge in [-0.25, -0.2) is 9.79 Å². The lowest BCUT2D eigenvalue weighted by Gasteiger charge is -2.25. The summed E-state index contributed by atoms with van der Waals surface area (Å²) in [5, 5.41) is 9.03. The quantitative estimate of drug-likeness (QED) is 0.494. The molecule has 0 bridgehead atoms. The van der Waals surface area contributed by atoms with Crippen molar-refractivity contribution in [2.24, 2.45) is 4.99 Å². The Morgan fingerprint density at radius 2 is 1.89 bits per heavy atom. The number of carbonyl (C=O) groups excluding carboxylic acids is 1. The number of nitriles is 1. The molecule has 9 heteroatoms. The Kier molecular flexibility index (Phi) is 6.85. The predicted molar refractivity (Wildman–Crippen MR) is 131 cm³/mol. The van der Waals surface area contributed by atoms with Gasteiger partial charge in [0.05, 0.1) is 54.3 Å². The molecule has 0 aliphatic carbocycles. The van der Waals surface area contributed by atoms with Crippen LogP contribution >= 0.6 is 11.3 Å². The van der Waals surface area contributed by atoms with Crippen LogP contribution in [0.25, 0.3) is 6.08 Å². The molecular weight excluding hydrogens is 466 g/mol. The smallest absolute Gasteiger partial charge is 0.338 e. The van der Waals surface area contributed by atoms with Gasteiger partial charge in [0.1, 0.15) is 0 Å². The van der Waals surface area contributed by atoms with E-state index in [0.717, 1.165) is 5.56 Å². The summed E-state index contributed by atoms with van der Waals surface area (Å²) in [7, 11) is 3.07. The van der Waals surface area contributed by atoms with Gasteiger partial charge >= 0.3 is 5.97 Å². The van der Waals surface area contributed by atoms with Gasteiger partial charge < -0.3 is 14.2 Å². The van der Waals surface area contributed by atoms with Gasteiger partial charge in [-0.3, -0.25) is 9.36 Å². The van der Waals surface area contributed by atoms with Gasteiger partial charge in [0.15, 0.2) is 16.3 Å². The summed E-state index contributed by atoms with van der Waals surface area (Å²) in [5.41, 5.74) is 2.45. The van der Waals surface area contributed by atoms with Crippen LogP contribution in [0.1, 0.15) is 36.6 Å². The SMILES string of the molecule is CCOC(=O)C1=C(C)N=c2sc(=Cc3ccc(C#N)cc3)c(=O)n2C1c1ccc(OC)c(OC)c1. The van der Waals surface area contributed by atoms with Crippen LogP contribution in [0.5, 0.6) is 11.5 Å². The van der Waals surface area contributed by atoms with Crippen LogP contribution in [0.2, 0.25) is 0 Å². The van der Waals surface area contributed by atoms with E-state index in [4.69, 9.17) is 19.5 Å². The van der Waals surface area contributed by atoms with Crippen LogP contribution in [-0.4, -0.2) is 31.4 Å². The molecule has 35 heavy (non-hydrogen) atoms. The first-order valence-electron chi connectivity index (χ1n) is 10.8. The fourth-order valence-electron chi connectivity index (χ4n) is 3.94. The number of carbonyl (C=O) groups is 1. The molecule has 1 unspecified atom stereocenters. The second-order valence-corrected chi connectivity index (χ2v) is 8.66. The highest BCUT2D eigenvalue weighted by atomic mass is 32.1. The molecule has 1 aliphatic rings. The van der Waals surface area contributed by atoms with E-state index in [1.54, 1.807) is 62.4 Å². The van der Waals surface area contributed by atoms with Crippen LogP contribution in [0.15, 0.2) is 63.5 Å². The molecule has 178 valence electrons. The highest BCUT2D eigenvalue weighted by molar-refractivity contribution is 7.07. The number of ether oxygens (including phenoxy) is 3. The average Bonchev–Trinajstić information content (AvgIpc) is 3.17. The Balaban J connectivity index is 1.95. The summed E-state index contributed by atoms with van der Waals surface area (Å²) >= 11 is 1.23. The predicted octanol–water partition coefficient (Wildman–Crippen LogP) is 2.69. The van der Waals surface area contributed by atoms with Crippen molar-refractivity contribution < 1.29 is 19.0 Å². The largest absolute Gasteiger partial charge is 0.493 e. The van der Waals surface area contributed by atoms with Crippen LogP contribution < -0.4 is 24.4 Å². The lowest BCUT2D eigenvalue weighted by molar-refractivity contribution is -0.139. The number of nitrogens with zero attached hydrogens (tertiary/aromatic N) is 3. The number of methoxy groups -OCH3 is 2. The van der Waals surface area contributed by atoms with Crippen molar-refractivity contribution in [2.45, 2.75) is 19.9 Å². The first-order valence-corrected chi connectivity index (χ1v) is 11.6. The molecule has 0 saturated heterocycles. The summed E-state index contributed by atoms with van der Waals surface area (Å²) in [6, 6.07) is 13.5. The first-order chi connectivity index (χ1) is 16.9. The number of hydrogen-bond acceptors (Lipinski definition) is 8. The normalized spacial score (nSPS) is 15.2. The molecule has 2 aromatic carbocycles. The van der Waals surface area contributed by atoms with Crippen LogP contribution in [0.3, 0.4) is 0 Å². The van der Waals surface area contributed by atoms with E-state index in [-0.39, 0.29) is 17.7 Å². The third kappa shape index (κ3) is 4.48. The maximum absolute atomic E-state index is 13.6. The van der Waals surface area contributed by atoms with Crippen LogP contribution in [0, 0.1) is 11.3 Å². The minimum absolute atomic E-state index is 0.192. The number of fused-ring (bicyclic) bond motifs is 1. The fourth-order valence-corrected chi connectivity index (χ4v) is 4.98. The van der Waals surface area contributed by atoms with E-state index >= 15 is 0 Å². The van der Waals surface area contributed by atoms with Crippen LogP contribution in [0.4, 0.5) is 0 Å². The molecule has 0 saturated carbocycles. The van der Waals surface area contributed by atoms with E-state index < -0.39 is 12.0 Å². The van der Waals surface area contributed by atoms with Gasteiger partial charge in [0.2, 0.25) is 0 Å². The molecule has 1 aliphatic heterocycles. The molecule has 2 heterocycles. The zero-order valence-electron chi connectivity index (χ0n) is 19.7. The second-order valence-electron chi connectivity index (χ2n) is 7.65. The third-order valence-electron chi connectivity index (χ3n) is 5.58. The molecule has 0 fully saturated rings. The summed E-state index contributed by atoms with van der Waals surface area (Å²) in [4.78, 5) is 31.7. The first kappa shape index (κ1) is 24.0. The average molecular weight is 490 g/mol. The lowest BCUT2D eigenvalue weighted by atomic mass is 9.95. The maximum Gasteiger partial charge on any atom is 0.338 e. The zero-order valence-corrected chi connectivity index (χ0v) is 20.5. The van der Waals surface area contributed by atoms with E-state index in [2.05, 4.69) is 11.1 Å². The molecule has 3 aromatic rings. The monoisotopic (exact) mass is 489 g/mol. The number of hydrogen-bond donors (Lipinski definition) is 0. The van der Waals surface area contributed by atoms with Crippen molar-refractivity contribution in [1.29, 1.82) is 5.26 Å². The highest BCUT2D eigenvalue weighted by Gasteiger charge is 2.33. The highest BCUT2D eigenvalue weighted by Crippen LogP contribution is 2.36. The van der Waals surface area contributed by atoms with Gasteiger partial charge in [-0.2, -0.15) is 5.26 Å². The fraction of sp³-hybridized carbons (Fsp3) is 0.231. The maximum atomic E-state index is 13.6. The topological polar surface area (TPSA) is 103 Å². The Morgan fingerprint density at radius 3 is 2.51 bits per heavy atom. The Hall–Kier alpha value is -4.16. The second kappa shape index (κ2) is 9.99. The number of rotatable bonds is 6. The standard InChI is InChI=1S/C26H23N3O5S/c1-5-34-25(31)22-15(2)28-26-29(23(22)18-10-11-19(32-3)20(13-18)33-4)24(30)21(35-26)12-16-6-8-17(14-27)9-7-16/h6-13,23H,5H2,1-4H3. The van der Waals surface area contributed by atoms with Crippen molar-refractivity contribution in [3.63, 3.8) is 0 Å². The number of thiazole rings is 1. The molecule has 0 N–H and O–H groups in total. The van der Waals surface area contributed by atoms with Gasteiger partial charge in [-0.05, 0) is 55.3 Å². The van der Waals surface area contributed by atoms with Crippen molar-refractivity contribution in [3.05, 3.63) is 90.1 Å². The van der Waals surface area contributed by atoms with Crippen molar-refractivity contribution in [1.82, 2.24) is 4.57 Å². The van der Waals surface area contributed by atoms with Gasteiger partial charge in [0.25, 0.3) is 5.56 Å². The summed E-state index contributed by atoms with van der Waals surface area (Å²) < 4.78 is 18.1. The Morgan fingerprint density at radius 1 is 1.17 bits per heavy atom. The van der Waals surface area contributed by atoms with E-state index in [1.807, 2.05) is 0 Å². The Bertz CT molecular complexity index is 1540. The molecule has 8 nitrogen and oxygen atoms in total. The van der Waals surface area contributed by atoms with E-state index in [9.17, 15) is 9.59 Å².